The van der Waals surface area contributed by atoms with E-state index in [2.05, 4.69) is 190 Å². The third-order valence-corrected chi connectivity index (χ3v) is 18.3. The molecule has 4 aliphatic carbocycles. The zero-order valence-electron chi connectivity index (χ0n) is 57.5. The van der Waals surface area contributed by atoms with Crippen molar-refractivity contribution in [3.63, 3.8) is 0 Å². The Balaban J connectivity index is 1.74. The van der Waals surface area contributed by atoms with Gasteiger partial charge in [-0.25, -0.2) is 0 Å². The molecule has 0 fully saturated rings. The van der Waals surface area contributed by atoms with Crippen molar-refractivity contribution in [3.05, 3.63) is 91.9 Å². The largest absolute Gasteiger partial charge is 0.508 e. The second-order valence-electron chi connectivity index (χ2n) is 33.9. The van der Waals surface area contributed by atoms with Gasteiger partial charge in [0.2, 0.25) is 0 Å². The highest BCUT2D eigenvalue weighted by Gasteiger charge is 2.42. The lowest BCUT2D eigenvalue weighted by atomic mass is 9.68. The molecule has 4 aliphatic rings. The van der Waals surface area contributed by atoms with Crippen LogP contribution in [-0.4, -0.2) is 70.7 Å². The lowest BCUT2D eigenvalue weighted by Crippen LogP contribution is -2.44. The molecule has 0 aromatic carbocycles. The fourth-order valence-corrected chi connectivity index (χ4v) is 11.7. The Kier molecular flexibility index (Phi) is 23.2. The second-order valence-corrected chi connectivity index (χ2v) is 33.9. The van der Waals surface area contributed by atoms with Crippen LogP contribution in [-0.2, 0) is 38.1 Å². The molecule has 0 radical (unpaired) electrons. The Morgan fingerprint density at radius 1 is 0.329 bits per heavy atom. The summed E-state index contributed by atoms with van der Waals surface area (Å²) in [7, 11) is 0. The van der Waals surface area contributed by atoms with E-state index in [4.69, 9.17) is 18.9 Å². The van der Waals surface area contributed by atoms with Gasteiger partial charge in [-0.05, 0) is 163 Å². The highest BCUT2D eigenvalue weighted by Crippen LogP contribution is 2.49. The van der Waals surface area contributed by atoms with E-state index in [0.29, 0.717) is 48.0 Å². The van der Waals surface area contributed by atoms with Crippen LogP contribution in [0.15, 0.2) is 91.9 Å². The van der Waals surface area contributed by atoms with E-state index in [1.54, 1.807) is 0 Å². The highest BCUT2D eigenvalue weighted by atomic mass is 16.6. The van der Waals surface area contributed by atoms with Crippen LogP contribution in [0.5, 0.6) is 0 Å². The van der Waals surface area contributed by atoms with Crippen molar-refractivity contribution in [3.8, 4) is 0 Å². The summed E-state index contributed by atoms with van der Waals surface area (Å²) in [6.45, 7) is 48.8. The minimum Gasteiger partial charge on any atom is -0.508 e. The molecule has 480 valence electrons. The third kappa shape index (κ3) is 20.5. The van der Waals surface area contributed by atoms with Crippen LogP contribution >= 0.6 is 0 Å². The standard InChI is InChI=1S/C73H116O12/c1-65(2,3)49-33-45(61(78)53(37-49)69(13,14)15)25-29-57(74)82-41-73(42-83-58(75)30-26-46-34-50(66(4,5)6)38-54(62(46)79)70(16,17)18,43-84-59(76)31-27-47-35-51(67(7,8)9)39-55(63(47)80)71(19,20)21)44-85-60(77)32-28-48-36-52(68(10,11)12)40-56(64(48)81)72(22,23)24/h33-36,49-52,78-81H,25-32,37-44H2,1-24H3. The van der Waals surface area contributed by atoms with E-state index in [0.717, 1.165) is 22.3 Å². The Hall–Kier alpha value is -5.00. The summed E-state index contributed by atoms with van der Waals surface area (Å²) in [4.78, 5) is 56.6. The first kappa shape index (κ1) is 72.5. The Labute approximate surface area is 514 Å². The molecule has 0 aliphatic heterocycles. The minimum atomic E-state index is -1.62. The predicted molar refractivity (Wildman–Crippen MR) is 342 cm³/mol. The van der Waals surface area contributed by atoms with Gasteiger partial charge in [0.1, 0.15) is 54.9 Å². The fourth-order valence-electron chi connectivity index (χ4n) is 11.7. The molecule has 12 heteroatoms. The summed E-state index contributed by atoms with van der Waals surface area (Å²) in [6, 6.07) is 0. The summed E-state index contributed by atoms with van der Waals surface area (Å²) in [5, 5.41) is 46.6. The van der Waals surface area contributed by atoms with E-state index in [1.807, 2.05) is 0 Å². The number of ether oxygens (including phenoxy) is 4. The van der Waals surface area contributed by atoms with Crippen LogP contribution < -0.4 is 0 Å². The van der Waals surface area contributed by atoms with Gasteiger partial charge in [-0.1, -0.05) is 190 Å². The highest BCUT2D eigenvalue weighted by molar-refractivity contribution is 5.72. The first-order chi connectivity index (χ1) is 38.4. The van der Waals surface area contributed by atoms with E-state index in [1.165, 1.54) is 0 Å². The first-order valence-electron chi connectivity index (χ1n) is 31.6. The molecule has 12 nitrogen and oxygen atoms in total. The van der Waals surface area contributed by atoms with Gasteiger partial charge in [0.05, 0.1) is 0 Å². The van der Waals surface area contributed by atoms with Crippen molar-refractivity contribution >= 4 is 23.9 Å². The SMILES string of the molecule is CC(C)(C)C1=C(O)C(CCC(=O)OCC(COC(=O)CCC2=CC(C(C)(C)C)CC(C(C)(C)C)=C2O)(COC(=O)CCC2=CC(C(C)(C)C)CC(C(C)(C)C)=C2O)COC(=O)CCC2=CC(C(C)(C)C)CC(C(C)(C)C)=C2O)=CC(C(C)(C)C)C1. The van der Waals surface area contributed by atoms with Gasteiger partial charge in [-0.2, -0.15) is 0 Å². The van der Waals surface area contributed by atoms with Crippen LogP contribution in [0.3, 0.4) is 0 Å². The number of allylic oxidation sites excluding steroid dienone is 12. The van der Waals surface area contributed by atoms with E-state index in [-0.39, 0.29) is 141 Å². The summed E-state index contributed by atoms with van der Waals surface area (Å²) < 4.78 is 24.4. The maximum absolute atomic E-state index is 14.1. The van der Waals surface area contributed by atoms with Crippen molar-refractivity contribution in [2.45, 2.75) is 243 Å². The van der Waals surface area contributed by atoms with Crippen LogP contribution in [0, 0.1) is 72.4 Å². The number of hydrogen-bond acceptors (Lipinski definition) is 12. The molecule has 85 heavy (non-hydrogen) atoms. The van der Waals surface area contributed by atoms with Crippen molar-refractivity contribution in [1.29, 1.82) is 0 Å². The van der Waals surface area contributed by atoms with Gasteiger partial charge in [0.15, 0.2) is 0 Å². The Morgan fingerprint density at radius 2 is 0.494 bits per heavy atom. The molecule has 0 aromatic heterocycles. The Morgan fingerprint density at radius 3 is 0.635 bits per heavy atom. The molecule has 0 heterocycles. The lowest BCUT2D eigenvalue weighted by molar-refractivity contribution is -0.170. The number of aliphatic hydroxyl groups excluding tert-OH is 4. The third-order valence-electron chi connectivity index (χ3n) is 18.3. The van der Waals surface area contributed by atoms with E-state index < -0.39 is 55.7 Å². The van der Waals surface area contributed by atoms with E-state index >= 15 is 0 Å². The number of hydrogen-bond donors (Lipinski definition) is 4. The molecule has 0 spiro atoms. The average Bonchev–Trinajstić information content (AvgIpc) is 3.00. The predicted octanol–water partition coefficient (Wildman–Crippen LogP) is 18.7. The zero-order valence-corrected chi connectivity index (χ0v) is 57.5. The molecule has 0 bridgehead atoms. The number of carbonyl (C=O) groups excluding carboxylic acids is 4. The van der Waals surface area contributed by atoms with Crippen molar-refractivity contribution in [1.82, 2.24) is 0 Å². The van der Waals surface area contributed by atoms with Crippen LogP contribution in [0.25, 0.3) is 0 Å². The lowest BCUT2D eigenvalue weighted by Gasteiger charge is -2.37. The maximum Gasteiger partial charge on any atom is 0.306 e. The number of esters is 4. The molecule has 0 amide bonds. The monoisotopic (exact) mass is 1180 g/mol. The number of rotatable bonds is 20. The first-order valence-corrected chi connectivity index (χ1v) is 31.6. The smallest absolute Gasteiger partial charge is 0.306 e. The van der Waals surface area contributed by atoms with Gasteiger partial charge < -0.3 is 39.4 Å². The van der Waals surface area contributed by atoms with Crippen molar-refractivity contribution < 1.29 is 58.6 Å². The zero-order chi connectivity index (χ0) is 65.0. The topological polar surface area (TPSA) is 186 Å². The molecule has 0 aromatic rings. The number of aliphatic hydroxyl groups is 4. The molecule has 4 rings (SSSR count). The molecule has 0 saturated heterocycles. The quantitative estimate of drug-likeness (QED) is 0.0669. The second kappa shape index (κ2) is 27.2. The molecule has 4 N–H and O–H groups in total. The molecular weight excluding hydrogens is 1070 g/mol. The summed E-state index contributed by atoms with van der Waals surface area (Å²) in [6.07, 6.45) is 11.2. The molecule has 4 atom stereocenters. The normalized spacial score (nSPS) is 21.6. The van der Waals surface area contributed by atoms with Gasteiger partial charge >= 0.3 is 23.9 Å². The van der Waals surface area contributed by atoms with Gasteiger partial charge in [0, 0.05) is 25.7 Å². The van der Waals surface area contributed by atoms with Crippen LogP contribution in [0.1, 0.15) is 243 Å². The number of carbonyl (C=O) groups is 4. The summed E-state index contributed by atoms with van der Waals surface area (Å²) in [5.41, 5.74) is 2.92. The summed E-state index contributed by atoms with van der Waals surface area (Å²) in [5.74, 6) is -1.35. The average molecular weight is 1190 g/mol. The van der Waals surface area contributed by atoms with Crippen molar-refractivity contribution in [2.75, 3.05) is 26.4 Å². The van der Waals surface area contributed by atoms with Crippen molar-refractivity contribution in [2.24, 2.45) is 72.4 Å². The summed E-state index contributed by atoms with van der Waals surface area (Å²) >= 11 is 0. The van der Waals surface area contributed by atoms with Gasteiger partial charge in [-0.15, -0.1) is 0 Å². The minimum absolute atomic E-state index is 0.106. The van der Waals surface area contributed by atoms with Gasteiger partial charge in [-0.3, -0.25) is 19.2 Å². The molecule has 4 unspecified atom stereocenters. The maximum atomic E-state index is 14.1. The van der Waals surface area contributed by atoms with Crippen LogP contribution in [0.2, 0.25) is 0 Å². The van der Waals surface area contributed by atoms with Crippen LogP contribution in [0.4, 0.5) is 0 Å². The molecular formula is C73H116O12. The van der Waals surface area contributed by atoms with Gasteiger partial charge in [0.25, 0.3) is 0 Å². The fraction of sp³-hybridized carbons (Fsp3) is 0.726. The Bertz CT molecular complexity index is 2330. The van der Waals surface area contributed by atoms with E-state index in [9.17, 15) is 39.6 Å². The molecule has 0 saturated carbocycles.